The van der Waals surface area contributed by atoms with Crippen LogP contribution in [0.4, 0.5) is 18.9 Å². The van der Waals surface area contributed by atoms with Gasteiger partial charge in [0.15, 0.2) is 6.10 Å². The third kappa shape index (κ3) is 3.39. The second-order valence-corrected chi connectivity index (χ2v) is 4.87. The van der Waals surface area contributed by atoms with E-state index in [-0.39, 0.29) is 6.04 Å². The highest BCUT2D eigenvalue weighted by molar-refractivity contribution is 5.54. The minimum atomic E-state index is -4.59. The summed E-state index contributed by atoms with van der Waals surface area (Å²) >= 11 is 0. The molecule has 2 N–H and O–H groups in total. The van der Waals surface area contributed by atoms with Crippen LogP contribution < -0.4 is 10.2 Å². The summed E-state index contributed by atoms with van der Waals surface area (Å²) in [7, 11) is 0. The maximum atomic E-state index is 12.5. The SMILES string of the molecule is CC1CN(CC(O)C(F)(F)F)c2ccccc2CN1. The minimum absolute atomic E-state index is 0.0628. The largest absolute Gasteiger partial charge is 0.416 e. The molecule has 19 heavy (non-hydrogen) atoms. The minimum Gasteiger partial charge on any atom is -0.382 e. The van der Waals surface area contributed by atoms with Gasteiger partial charge in [0.2, 0.25) is 0 Å². The molecule has 0 fully saturated rings. The zero-order valence-corrected chi connectivity index (χ0v) is 10.6. The molecule has 0 aliphatic carbocycles. The number of hydrogen-bond donors (Lipinski definition) is 2. The Morgan fingerprint density at radius 2 is 2.11 bits per heavy atom. The van der Waals surface area contributed by atoms with E-state index in [4.69, 9.17) is 0 Å². The van der Waals surface area contributed by atoms with Crippen LogP contribution in [0.25, 0.3) is 0 Å². The van der Waals surface area contributed by atoms with Crippen LogP contribution >= 0.6 is 0 Å². The molecule has 1 aromatic rings. The molecule has 2 rings (SSSR count). The summed E-state index contributed by atoms with van der Waals surface area (Å²) in [6.07, 6.45) is -6.91. The number of halogens is 3. The number of rotatable bonds is 2. The van der Waals surface area contributed by atoms with E-state index >= 15 is 0 Å². The second kappa shape index (κ2) is 5.38. The maximum Gasteiger partial charge on any atom is 0.416 e. The van der Waals surface area contributed by atoms with Crippen LogP contribution in [0.2, 0.25) is 0 Å². The predicted molar refractivity (Wildman–Crippen MR) is 67.0 cm³/mol. The molecule has 0 spiro atoms. The van der Waals surface area contributed by atoms with Crippen molar-refractivity contribution in [1.29, 1.82) is 0 Å². The highest BCUT2D eigenvalue weighted by Crippen LogP contribution is 2.27. The first kappa shape index (κ1) is 14.1. The van der Waals surface area contributed by atoms with Crippen LogP contribution in [0.1, 0.15) is 12.5 Å². The van der Waals surface area contributed by atoms with Crippen molar-refractivity contribution < 1.29 is 18.3 Å². The summed E-state index contributed by atoms with van der Waals surface area (Å²) in [5.74, 6) is 0. The third-order valence-electron chi connectivity index (χ3n) is 3.24. The fraction of sp³-hybridized carbons (Fsp3) is 0.538. The zero-order chi connectivity index (χ0) is 14.0. The molecule has 0 amide bonds. The number of para-hydroxylation sites is 1. The molecule has 3 nitrogen and oxygen atoms in total. The lowest BCUT2D eigenvalue weighted by molar-refractivity contribution is -0.200. The average Bonchev–Trinajstić information content (AvgIpc) is 2.49. The molecule has 0 aromatic heterocycles. The molecular weight excluding hydrogens is 257 g/mol. The first-order valence-corrected chi connectivity index (χ1v) is 6.19. The summed E-state index contributed by atoms with van der Waals surface area (Å²) in [5.41, 5.74) is 1.70. The number of aliphatic hydroxyl groups is 1. The average molecular weight is 274 g/mol. The van der Waals surface area contributed by atoms with Gasteiger partial charge in [0, 0.05) is 24.8 Å². The number of benzene rings is 1. The van der Waals surface area contributed by atoms with Crippen molar-refractivity contribution in [2.75, 3.05) is 18.0 Å². The summed E-state index contributed by atoms with van der Waals surface area (Å²) < 4.78 is 37.5. The van der Waals surface area contributed by atoms with Crippen molar-refractivity contribution >= 4 is 5.69 Å². The van der Waals surface area contributed by atoms with Gasteiger partial charge >= 0.3 is 6.18 Å². The number of β-amino-alcohol motifs (C(OH)–C–C–N with tert-alkyl or cyclic N) is 1. The molecule has 1 aliphatic rings. The van der Waals surface area contributed by atoms with E-state index in [2.05, 4.69) is 5.32 Å². The van der Waals surface area contributed by atoms with Crippen molar-refractivity contribution in [2.24, 2.45) is 0 Å². The summed E-state index contributed by atoms with van der Waals surface area (Å²) in [4.78, 5) is 1.60. The van der Waals surface area contributed by atoms with Gasteiger partial charge in [-0.2, -0.15) is 13.2 Å². The van der Waals surface area contributed by atoms with Crippen LogP contribution in [0.3, 0.4) is 0 Å². The normalized spacial score (nSPS) is 21.7. The molecule has 1 heterocycles. The molecule has 1 aliphatic heterocycles. The zero-order valence-electron chi connectivity index (χ0n) is 10.6. The molecule has 0 radical (unpaired) electrons. The van der Waals surface area contributed by atoms with Crippen molar-refractivity contribution in [2.45, 2.75) is 31.8 Å². The van der Waals surface area contributed by atoms with Crippen LogP contribution in [-0.4, -0.2) is 36.5 Å². The van der Waals surface area contributed by atoms with Crippen molar-refractivity contribution in [3.05, 3.63) is 29.8 Å². The molecular formula is C13H17F3N2O. The van der Waals surface area contributed by atoms with Crippen LogP contribution in [0.15, 0.2) is 24.3 Å². The van der Waals surface area contributed by atoms with E-state index < -0.39 is 18.8 Å². The molecule has 0 bridgehead atoms. The number of aliphatic hydroxyl groups excluding tert-OH is 1. The number of fused-ring (bicyclic) bond motifs is 1. The van der Waals surface area contributed by atoms with Crippen LogP contribution in [0, 0.1) is 0 Å². The van der Waals surface area contributed by atoms with Gasteiger partial charge in [-0.1, -0.05) is 18.2 Å². The van der Waals surface area contributed by atoms with E-state index in [1.165, 1.54) is 0 Å². The van der Waals surface area contributed by atoms with E-state index in [0.29, 0.717) is 13.1 Å². The summed E-state index contributed by atoms with van der Waals surface area (Å²) in [5, 5.41) is 12.5. The number of alkyl halides is 3. The first-order chi connectivity index (χ1) is 8.88. The van der Waals surface area contributed by atoms with Gasteiger partial charge in [0.25, 0.3) is 0 Å². The number of anilines is 1. The standard InChI is InChI=1S/C13H17F3N2O/c1-9-7-18(8-12(19)13(14,15)16)11-5-3-2-4-10(11)6-17-9/h2-5,9,12,17,19H,6-8H2,1H3. The molecule has 0 saturated heterocycles. The lowest BCUT2D eigenvalue weighted by atomic mass is 10.1. The Balaban J connectivity index is 2.23. The molecule has 106 valence electrons. The van der Waals surface area contributed by atoms with Crippen molar-refractivity contribution in [3.8, 4) is 0 Å². The third-order valence-corrected chi connectivity index (χ3v) is 3.24. The Labute approximate surface area is 110 Å². The highest BCUT2D eigenvalue weighted by atomic mass is 19.4. The van der Waals surface area contributed by atoms with Crippen LogP contribution in [0.5, 0.6) is 0 Å². The van der Waals surface area contributed by atoms with Gasteiger partial charge in [-0.05, 0) is 18.6 Å². The molecule has 2 atom stereocenters. The van der Waals surface area contributed by atoms with Gasteiger partial charge in [-0.3, -0.25) is 0 Å². The molecule has 2 unspecified atom stereocenters. The van der Waals surface area contributed by atoms with E-state index in [1.54, 1.807) is 17.0 Å². The molecule has 0 saturated carbocycles. The predicted octanol–water partition coefficient (Wildman–Crippen LogP) is 1.91. The van der Waals surface area contributed by atoms with Crippen molar-refractivity contribution in [1.82, 2.24) is 5.32 Å². The lowest BCUT2D eigenvalue weighted by Gasteiger charge is -2.29. The first-order valence-electron chi connectivity index (χ1n) is 6.19. The van der Waals surface area contributed by atoms with Crippen LogP contribution in [-0.2, 0) is 6.54 Å². The Hall–Kier alpha value is -1.27. The fourth-order valence-corrected chi connectivity index (χ4v) is 2.23. The Morgan fingerprint density at radius 1 is 1.42 bits per heavy atom. The van der Waals surface area contributed by atoms with E-state index in [9.17, 15) is 18.3 Å². The number of nitrogens with one attached hydrogen (secondary N) is 1. The maximum absolute atomic E-state index is 12.5. The van der Waals surface area contributed by atoms with Gasteiger partial charge in [-0.15, -0.1) is 0 Å². The number of nitrogens with zero attached hydrogens (tertiary/aromatic N) is 1. The smallest absolute Gasteiger partial charge is 0.382 e. The Bertz CT molecular complexity index is 436. The van der Waals surface area contributed by atoms with E-state index in [1.807, 2.05) is 19.1 Å². The summed E-state index contributed by atoms with van der Waals surface area (Å²) in [6, 6.07) is 7.38. The Kier molecular flexibility index (Phi) is 4.01. The van der Waals surface area contributed by atoms with Gasteiger partial charge in [0.05, 0.1) is 6.54 Å². The summed E-state index contributed by atoms with van der Waals surface area (Å²) in [6.45, 7) is 2.53. The topological polar surface area (TPSA) is 35.5 Å². The number of hydrogen-bond acceptors (Lipinski definition) is 3. The van der Waals surface area contributed by atoms with Crippen molar-refractivity contribution in [3.63, 3.8) is 0 Å². The van der Waals surface area contributed by atoms with Gasteiger partial charge in [0.1, 0.15) is 0 Å². The highest BCUT2D eigenvalue weighted by Gasteiger charge is 2.39. The van der Waals surface area contributed by atoms with Gasteiger partial charge < -0.3 is 15.3 Å². The Morgan fingerprint density at radius 3 is 2.79 bits per heavy atom. The quantitative estimate of drug-likeness (QED) is 0.864. The van der Waals surface area contributed by atoms with E-state index in [0.717, 1.165) is 11.3 Å². The molecule has 1 aromatic carbocycles. The molecule has 6 heteroatoms. The van der Waals surface area contributed by atoms with Gasteiger partial charge in [-0.25, -0.2) is 0 Å². The fourth-order valence-electron chi connectivity index (χ4n) is 2.23. The lowest BCUT2D eigenvalue weighted by Crippen LogP contribution is -2.44. The monoisotopic (exact) mass is 274 g/mol. The second-order valence-electron chi connectivity index (χ2n) is 4.87.